The molecule has 0 aliphatic heterocycles. The number of primary sulfonamides is 1. The van der Waals surface area contributed by atoms with Crippen LogP contribution in [0.4, 0.5) is 0 Å². The molecule has 0 atom stereocenters. The molecule has 0 fully saturated rings. The average molecular weight is 574 g/mol. The van der Waals surface area contributed by atoms with Crippen molar-refractivity contribution < 1.29 is 22.3 Å². The molecule has 0 aliphatic carbocycles. The molecule has 0 radical (unpaired) electrons. The van der Waals surface area contributed by atoms with E-state index in [1.807, 2.05) is 42.6 Å². The van der Waals surface area contributed by atoms with E-state index in [0.29, 0.717) is 48.9 Å². The molecule has 210 valence electrons. The van der Waals surface area contributed by atoms with E-state index in [0.717, 1.165) is 16.5 Å². The fourth-order valence-electron chi connectivity index (χ4n) is 3.94. The second-order valence-electron chi connectivity index (χ2n) is 9.15. The molecule has 11 nitrogen and oxygen atoms in total. The number of hydrogen-bond donors (Lipinski definition) is 1. The van der Waals surface area contributed by atoms with Crippen LogP contribution < -0.4 is 20.2 Å². The molecule has 0 amide bonds. The van der Waals surface area contributed by atoms with Gasteiger partial charge in [-0.25, -0.2) is 18.4 Å². The maximum absolute atomic E-state index is 11.4. The number of hydrogen-bond acceptors (Lipinski definition) is 9. The molecule has 5 rings (SSSR count). The van der Waals surface area contributed by atoms with E-state index in [4.69, 9.17) is 19.0 Å². The van der Waals surface area contributed by atoms with E-state index < -0.39 is 15.6 Å². The molecule has 2 aromatic heterocycles. The van der Waals surface area contributed by atoms with Crippen LogP contribution in [0.15, 0.2) is 104 Å². The average Bonchev–Trinajstić information content (AvgIpc) is 3.42. The van der Waals surface area contributed by atoms with Gasteiger partial charge in [-0.2, -0.15) is 0 Å². The molecule has 0 saturated heterocycles. The minimum Gasteiger partial charge on any atom is -0.493 e. The van der Waals surface area contributed by atoms with E-state index in [1.165, 1.54) is 18.2 Å². The fraction of sp³-hybridized carbons (Fsp3) is 0.172. The molecule has 0 spiro atoms. The first-order valence-corrected chi connectivity index (χ1v) is 14.3. The lowest BCUT2D eigenvalue weighted by Gasteiger charge is -2.06. The second-order valence-corrected chi connectivity index (χ2v) is 10.7. The largest absolute Gasteiger partial charge is 0.493 e. The van der Waals surface area contributed by atoms with Gasteiger partial charge in [0.2, 0.25) is 10.0 Å². The Morgan fingerprint density at radius 3 is 2.61 bits per heavy atom. The van der Waals surface area contributed by atoms with Crippen LogP contribution in [0.5, 0.6) is 11.5 Å². The van der Waals surface area contributed by atoms with E-state index in [2.05, 4.69) is 15.3 Å². The van der Waals surface area contributed by atoms with Gasteiger partial charge in [-0.1, -0.05) is 29.5 Å². The Labute approximate surface area is 235 Å². The highest BCUT2D eigenvalue weighted by atomic mass is 32.2. The lowest BCUT2D eigenvalue weighted by atomic mass is 10.2. The maximum Gasteiger partial charge on any atom is 0.336 e. The first-order chi connectivity index (χ1) is 19.8. The van der Waals surface area contributed by atoms with Crippen molar-refractivity contribution >= 4 is 27.2 Å². The Bertz CT molecular complexity index is 1830. The summed E-state index contributed by atoms with van der Waals surface area (Å²) < 4.78 is 41.3. The van der Waals surface area contributed by atoms with Gasteiger partial charge in [0.15, 0.2) is 0 Å². The zero-order chi connectivity index (χ0) is 28.7. The molecule has 0 bridgehead atoms. The lowest BCUT2D eigenvalue weighted by Crippen LogP contribution is -2.11. The van der Waals surface area contributed by atoms with Crippen molar-refractivity contribution in [3.05, 3.63) is 112 Å². The summed E-state index contributed by atoms with van der Waals surface area (Å²) in [6, 6.07) is 22.3. The van der Waals surface area contributed by atoms with Crippen LogP contribution >= 0.6 is 0 Å². The zero-order valence-corrected chi connectivity index (χ0v) is 22.7. The maximum atomic E-state index is 11.4. The van der Waals surface area contributed by atoms with Crippen molar-refractivity contribution in [1.29, 1.82) is 0 Å². The number of aromatic nitrogens is 3. The highest BCUT2D eigenvalue weighted by Crippen LogP contribution is 2.20. The Hall–Kier alpha value is -4.81. The second kappa shape index (κ2) is 12.6. The van der Waals surface area contributed by atoms with Crippen molar-refractivity contribution in [2.75, 3.05) is 6.61 Å². The summed E-state index contributed by atoms with van der Waals surface area (Å²) in [5.74, 6) is 1.30. The zero-order valence-electron chi connectivity index (χ0n) is 21.9. The quantitative estimate of drug-likeness (QED) is 0.135. The Morgan fingerprint density at radius 2 is 1.78 bits per heavy atom. The van der Waals surface area contributed by atoms with Crippen LogP contribution in [0.2, 0.25) is 0 Å². The van der Waals surface area contributed by atoms with Gasteiger partial charge in [0.05, 0.1) is 24.2 Å². The number of ether oxygens (including phenoxy) is 2. The predicted octanol–water partition coefficient (Wildman–Crippen LogP) is 3.70. The smallest absolute Gasteiger partial charge is 0.336 e. The normalized spacial score (nSPS) is 11.7. The van der Waals surface area contributed by atoms with Crippen LogP contribution in [0, 0.1) is 0 Å². The highest BCUT2D eigenvalue weighted by molar-refractivity contribution is 7.89. The molecule has 0 unspecified atom stereocenters. The number of nitrogens with zero attached hydrogens (tertiary/aromatic N) is 4. The van der Waals surface area contributed by atoms with E-state index in [1.54, 1.807) is 35.2 Å². The fourth-order valence-corrected chi connectivity index (χ4v) is 4.46. The monoisotopic (exact) mass is 573 g/mol. The van der Waals surface area contributed by atoms with Crippen LogP contribution in [0.25, 0.3) is 11.0 Å². The summed E-state index contributed by atoms with van der Waals surface area (Å²) in [6.45, 7) is 1.73. The summed E-state index contributed by atoms with van der Waals surface area (Å²) in [5.41, 5.74) is 2.51. The number of nitrogens with two attached hydrogens (primary N) is 1. The molecule has 41 heavy (non-hydrogen) atoms. The number of aliphatic imine (C=N–C) groups is 1. The van der Waals surface area contributed by atoms with E-state index in [-0.39, 0.29) is 11.5 Å². The molecule has 0 saturated carbocycles. The first kappa shape index (κ1) is 27.7. The van der Waals surface area contributed by atoms with Crippen LogP contribution in [-0.2, 0) is 29.7 Å². The number of rotatable bonds is 12. The number of sulfonamides is 1. The molecule has 0 aliphatic rings. The third-order valence-electron chi connectivity index (χ3n) is 5.99. The summed E-state index contributed by atoms with van der Waals surface area (Å²) in [7, 11) is -3.71. The lowest BCUT2D eigenvalue weighted by molar-refractivity contribution is 0.297. The van der Waals surface area contributed by atoms with Gasteiger partial charge in [0, 0.05) is 36.7 Å². The summed E-state index contributed by atoms with van der Waals surface area (Å²) >= 11 is 0. The van der Waals surface area contributed by atoms with Crippen LogP contribution in [0.3, 0.4) is 0 Å². The van der Waals surface area contributed by atoms with Crippen molar-refractivity contribution in [3.63, 3.8) is 0 Å². The van der Waals surface area contributed by atoms with Gasteiger partial charge in [-0.15, -0.1) is 5.10 Å². The summed E-state index contributed by atoms with van der Waals surface area (Å²) in [4.78, 5) is 15.9. The third kappa shape index (κ3) is 7.87. The molecular weight excluding hydrogens is 546 g/mol. The van der Waals surface area contributed by atoms with Crippen LogP contribution in [-0.4, -0.2) is 36.2 Å². The highest BCUT2D eigenvalue weighted by Gasteiger charge is 2.07. The predicted molar refractivity (Wildman–Crippen MR) is 153 cm³/mol. The van der Waals surface area contributed by atoms with Gasteiger partial charge < -0.3 is 13.9 Å². The summed E-state index contributed by atoms with van der Waals surface area (Å²) in [6.07, 6.45) is 4.27. The van der Waals surface area contributed by atoms with Gasteiger partial charge in [0.1, 0.15) is 29.4 Å². The van der Waals surface area contributed by atoms with Gasteiger partial charge in [0.25, 0.3) is 0 Å². The number of aryl methyl sites for hydroxylation is 1. The number of benzene rings is 3. The first-order valence-electron chi connectivity index (χ1n) is 12.7. The van der Waals surface area contributed by atoms with Crippen molar-refractivity contribution in [3.8, 4) is 11.5 Å². The molecular formula is C29H27N5O6S. The SMILES string of the molecule is NS(=O)(=O)c1ccc(CN=Cc2cccc(OCc3cn(CCCOc4ccc5ccc(=O)oc5c4)nn3)c2)cc1. The number of fused-ring (bicyclic) bond motifs is 1. The van der Waals surface area contributed by atoms with Crippen molar-refractivity contribution in [1.82, 2.24) is 15.0 Å². The van der Waals surface area contributed by atoms with Crippen molar-refractivity contribution in [2.24, 2.45) is 10.1 Å². The topological polar surface area (TPSA) is 152 Å². The van der Waals surface area contributed by atoms with Gasteiger partial charge in [-0.05, 0) is 53.6 Å². The Balaban J connectivity index is 1.06. The standard InChI is InChI=1S/C29H27N5O6S/c30-41(36,37)27-10-5-21(6-11-27)17-31-18-22-3-1-4-25(15-22)39-20-24-19-34(33-32-24)13-2-14-38-26-9-7-23-8-12-29(35)40-28(23)16-26/h1,3-12,15-16,18-19H,2,13-14,17,20H2,(H2,30,36,37). The third-order valence-corrected chi connectivity index (χ3v) is 6.92. The van der Waals surface area contributed by atoms with Gasteiger partial charge >= 0.3 is 5.63 Å². The Morgan fingerprint density at radius 1 is 0.976 bits per heavy atom. The van der Waals surface area contributed by atoms with E-state index in [9.17, 15) is 13.2 Å². The minimum absolute atomic E-state index is 0.0689. The molecule has 2 N–H and O–H groups in total. The van der Waals surface area contributed by atoms with Crippen LogP contribution in [0.1, 0.15) is 23.2 Å². The molecule has 12 heteroatoms. The van der Waals surface area contributed by atoms with E-state index >= 15 is 0 Å². The molecule has 5 aromatic rings. The minimum atomic E-state index is -3.71. The van der Waals surface area contributed by atoms with Crippen molar-refractivity contribution in [2.45, 2.75) is 31.0 Å². The Kier molecular flexibility index (Phi) is 8.51. The van der Waals surface area contributed by atoms with Gasteiger partial charge in [-0.3, -0.25) is 9.67 Å². The summed E-state index contributed by atoms with van der Waals surface area (Å²) in [5, 5.41) is 14.3. The molecule has 2 heterocycles. The molecule has 3 aromatic carbocycles.